The van der Waals surface area contributed by atoms with E-state index in [-0.39, 0.29) is 90.5 Å². The second kappa shape index (κ2) is 25.6. The highest BCUT2D eigenvalue weighted by Crippen LogP contribution is 1.81. The van der Waals surface area contributed by atoms with E-state index in [1.54, 1.807) is 0 Å². The molecule has 17 heavy (non-hydrogen) atoms. The minimum absolute atomic E-state index is 0. The normalized spacial score (nSPS) is 5.47. The largest absolute Gasteiger partial charge is 0.478 e. The van der Waals surface area contributed by atoms with Gasteiger partial charge in [0.2, 0.25) is 0 Å². The predicted molar refractivity (Wildman–Crippen MR) is 101 cm³/mol. The predicted octanol–water partition coefficient (Wildman–Crippen LogP) is 5.22. The van der Waals surface area contributed by atoms with Crippen molar-refractivity contribution >= 4 is 90.9 Å². The topological polar surface area (TPSA) is 37.3 Å². The van der Waals surface area contributed by atoms with Crippen molar-refractivity contribution in [3.63, 3.8) is 0 Å². The molecule has 7 heteroatoms. The number of carbonyl (C=O) groups is 1. The number of carboxylic acid groups (broad SMARTS) is 1. The maximum Gasteiger partial charge on any atom is 0.330 e. The first-order valence-electron chi connectivity index (χ1n) is 3.53. The fourth-order valence-electron chi connectivity index (χ4n) is 0.385. The molecular weight excluding hydrogens is 552 g/mol. The van der Waals surface area contributed by atoms with Gasteiger partial charge in [0, 0.05) is 5.57 Å². The molecule has 0 heterocycles. The van der Waals surface area contributed by atoms with Crippen LogP contribution < -0.4 is 0 Å². The van der Waals surface area contributed by atoms with Crippen LogP contribution in [0, 0.1) is 0 Å². The van der Waals surface area contributed by atoms with Gasteiger partial charge in [-0.05, 0) is 6.92 Å². The monoisotopic (exact) mass is 564 g/mol. The van der Waals surface area contributed by atoms with Gasteiger partial charge in [-0.2, -0.15) is 0 Å². The van der Waals surface area contributed by atoms with E-state index in [2.05, 4.69) is 6.58 Å². The summed E-state index contributed by atoms with van der Waals surface area (Å²) in [4.78, 5) is 9.60. The Bertz CT molecular complexity index is 215. The van der Waals surface area contributed by atoms with Crippen molar-refractivity contribution in [2.75, 3.05) is 0 Å². The molecule has 0 amide bonds. The lowest BCUT2D eigenvalue weighted by Gasteiger charge is -1.79. The van der Waals surface area contributed by atoms with E-state index in [0.29, 0.717) is 0 Å². The molecule has 0 spiro atoms. The lowest BCUT2D eigenvalue weighted by molar-refractivity contribution is -0.132. The molecule has 0 aliphatic rings. The van der Waals surface area contributed by atoms with Crippen molar-refractivity contribution in [3.05, 3.63) is 48.6 Å². The molecule has 1 N–H and O–H groups in total. The number of hydrogen-bond donors (Lipinski definition) is 1. The average molecular weight is 569 g/mol. The first-order chi connectivity index (χ1) is 5.64. The van der Waals surface area contributed by atoms with Crippen molar-refractivity contribution in [1.82, 2.24) is 0 Å². The molecule has 0 radical (unpaired) electrons. The first-order valence-corrected chi connectivity index (χ1v) is 3.53. The maximum atomic E-state index is 9.60. The smallest absolute Gasteiger partial charge is 0.330 e. The first kappa shape index (κ1) is 36.1. The van der Waals surface area contributed by atoms with Crippen molar-refractivity contribution < 1.29 is 9.90 Å². The fourth-order valence-corrected chi connectivity index (χ4v) is 0.385. The summed E-state index contributed by atoms with van der Waals surface area (Å²) in [6.45, 7) is 4.60. The Kier molecular flexibility index (Phi) is 54.4. The molecule has 0 atom stereocenters. The third kappa shape index (κ3) is 31.6. The van der Waals surface area contributed by atoms with E-state index in [1.807, 2.05) is 36.4 Å². The van der Waals surface area contributed by atoms with Gasteiger partial charge in [-0.1, -0.05) is 43.0 Å². The Balaban J connectivity index is -0.0000000275. The second-order valence-corrected chi connectivity index (χ2v) is 2.24. The molecule has 2 nitrogen and oxygen atoms in total. The van der Waals surface area contributed by atoms with Crippen LogP contribution in [0.25, 0.3) is 0 Å². The highest BCUT2D eigenvalue weighted by molar-refractivity contribution is 8.93. The van der Waals surface area contributed by atoms with E-state index in [0.717, 1.165) is 0 Å². The van der Waals surface area contributed by atoms with Crippen LogP contribution in [0.1, 0.15) is 6.92 Å². The standard InChI is InChI=1S/C6H6.C4H6O2.5BrH/c1-2-4-6-5-3-1;1-3(2)4(5)6;;;;;/h1-6H;1H2,2H3,(H,5,6);5*1H. The molecule has 0 aliphatic heterocycles. The van der Waals surface area contributed by atoms with Gasteiger partial charge in [-0.3, -0.25) is 0 Å². The van der Waals surface area contributed by atoms with Crippen LogP contribution in [0.3, 0.4) is 0 Å². The number of rotatable bonds is 1. The van der Waals surface area contributed by atoms with Crippen LogP contribution in [-0.4, -0.2) is 11.1 Å². The second-order valence-electron chi connectivity index (χ2n) is 2.24. The van der Waals surface area contributed by atoms with Crippen molar-refractivity contribution in [2.45, 2.75) is 6.92 Å². The molecule has 1 aromatic carbocycles. The van der Waals surface area contributed by atoms with E-state index < -0.39 is 5.97 Å². The third-order valence-electron chi connectivity index (χ3n) is 1.03. The SMILES string of the molecule is Br.Br.Br.Br.Br.C=C(C)C(=O)O.c1ccccc1. The van der Waals surface area contributed by atoms with E-state index in [1.165, 1.54) is 6.92 Å². The summed E-state index contributed by atoms with van der Waals surface area (Å²) in [5.74, 6) is -0.935. The third-order valence-corrected chi connectivity index (χ3v) is 1.03. The summed E-state index contributed by atoms with van der Waals surface area (Å²) >= 11 is 0. The molecule has 1 rings (SSSR count). The molecule has 0 aliphatic carbocycles. The fraction of sp³-hybridized carbons (Fsp3) is 0.100. The molecule has 0 fully saturated rings. The van der Waals surface area contributed by atoms with Crippen LogP contribution in [0.15, 0.2) is 48.6 Å². The van der Waals surface area contributed by atoms with Crippen molar-refractivity contribution in [2.24, 2.45) is 0 Å². The maximum absolute atomic E-state index is 9.60. The Hall–Kier alpha value is 0.830. The van der Waals surface area contributed by atoms with Crippen LogP contribution in [0.2, 0.25) is 0 Å². The van der Waals surface area contributed by atoms with Crippen molar-refractivity contribution in [3.8, 4) is 0 Å². The number of halogens is 5. The van der Waals surface area contributed by atoms with Gasteiger partial charge in [-0.15, -0.1) is 84.9 Å². The van der Waals surface area contributed by atoms with Gasteiger partial charge < -0.3 is 5.11 Å². The van der Waals surface area contributed by atoms with Gasteiger partial charge >= 0.3 is 5.97 Å². The van der Waals surface area contributed by atoms with Gasteiger partial charge in [0.25, 0.3) is 0 Å². The number of hydrogen-bond acceptors (Lipinski definition) is 1. The van der Waals surface area contributed by atoms with E-state index in [4.69, 9.17) is 5.11 Å². The van der Waals surface area contributed by atoms with Crippen LogP contribution in [0.4, 0.5) is 0 Å². The average Bonchev–Trinajstić information content (AvgIpc) is 2.08. The molecule has 0 saturated heterocycles. The van der Waals surface area contributed by atoms with E-state index >= 15 is 0 Å². The number of benzene rings is 1. The summed E-state index contributed by atoms with van der Waals surface area (Å²) in [7, 11) is 0. The Morgan fingerprint density at radius 2 is 0.941 bits per heavy atom. The van der Waals surface area contributed by atoms with Crippen molar-refractivity contribution in [1.29, 1.82) is 0 Å². The summed E-state index contributed by atoms with van der Waals surface area (Å²) in [5.41, 5.74) is 0.176. The van der Waals surface area contributed by atoms with Gasteiger partial charge in [0.05, 0.1) is 0 Å². The highest BCUT2D eigenvalue weighted by atomic mass is 79.9. The van der Waals surface area contributed by atoms with Gasteiger partial charge in [-0.25, -0.2) is 4.79 Å². The minimum atomic E-state index is -0.935. The summed E-state index contributed by atoms with van der Waals surface area (Å²) in [6.07, 6.45) is 0. The summed E-state index contributed by atoms with van der Waals surface area (Å²) < 4.78 is 0. The lowest BCUT2D eigenvalue weighted by atomic mass is 10.4. The molecule has 0 saturated carbocycles. The van der Waals surface area contributed by atoms with Crippen LogP contribution in [-0.2, 0) is 4.79 Å². The molecule has 0 aromatic heterocycles. The van der Waals surface area contributed by atoms with Crippen LogP contribution >= 0.6 is 84.9 Å². The molecule has 1 aromatic rings. The zero-order valence-corrected chi connectivity index (χ0v) is 17.6. The minimum Gasteiger partial charge on any atom is -0.478 e. The van der Waals surface area contributed by atoms with E-state index in [9.17, 15) is 4.79 Å². The Morgan fingerprint density at radius 1 is 0.824 bits per heavy atom. The zero-order chi connectivity index (χ0) is 9.40. The molecule has 0 bridgehead atoms. The summed E-state index contributed by atoms with van der Waals surface area (Å²) in [5, 5.41) is 7.89. The lowest BCUT2D eigenvalue weighted by Crippen LogP contribution is -1.92. The molecule has 104 valence electrons. The Labute approximate surface area is 155 Å². The zero-order valence-electron chi connectivity index (χ0n) is 9.07. The molecule has 0 unspecified atom stereocenters. The molecular formula is C10H17Br5O2. The summed E-state index contributed by atoms with van der Waals surface area (Å²) in [6, 6.07) is 12.0. The van der Waals surface area contributed by atoms with Crippen LogP contribution in [0.5, 0.6) is 0 Å². The number of aliphatic carboxylic acids is 1. The van der Waals surface area contributed by atoms with Gasteiger partial charge in [0.15, 0.2) is 0 Å². The van der Waals surface area contributed by atoms with Gasteiger partial charge in [0.1, 0.15) is 0 Å². The highest BCUT2D eigenvalue weighted by Gasteiger charge is 1.90. The quantitative estimate of drug-likeness (QED) is 0.472. The Morgan fingerprint density at radius 3 is 1.00 bits per heavy atom. The number of carboxylic acids is 1.